The van der Waals surface area contributed by atoms with Crippen LogP contribution in [-0.2, 0) is 10.0 Å². The van der Waals surface area contributed by atoms with E-state index in [2.05, 4.69) is 21.1 Å². The Hall–Kier alpha value is -1.92. The maximum atomic E-state index is 12.6. The predicted octanol–water partition coefficient (Wildman–Crippen LogP) is 3.74. The molecule has 0 aliphatic heterocycles. The Bertz CT molecular complexity index is 877. The summed E-state index contributed by atoms with van der Waals surface area (Å²) in [5.74, 6) is 0. The van der Waals surface area contributed by atoms with Gasteiger partial charge in [0.1, 0.15) is 0 Å². The van der Waals surface area contributed by atoms with E-state index in [1.54, 1.807) is 48.7 Å². The van der Waals surface area contributed by atoms with E-state index in [0.29, 0.717) is 11.2 Å². The molecule has 0 amide bonds. The normalized spacial score (nSPS) is 11.5. The molecule has 0 fully saturated rings. The van der Waals surface area contributed by atoms with Crippen molar-refractivity contribution in [1.29, 1.82) is 0 Å². The predicted molar refractivity (Wildman–Crippen MR) is 86.8 cm³/mol. The second-order valence-corrected chi connectivity index (χ2v) is 7.35. The molecule has 1 heterocycles. The highest BCUT2D eigenvalue weighted by atomic mass is 79.9. The van der Waals surface area contributed by atoms with Gasteiger partial charge >= 0.3 is 0 Å². The summed E-state index contributed by atoms with van der Waals surface area (Å²) in [6.07, 6.45) is 1.64. The van der Waals surface area contributed by atoms with Crippen molar-refractivity contribution in [2.45, 2.75) is 4.90 Å². The summed E-state index contributed by atoms with van der Waals surface area (Å²) >= 11 is 3.17. The van der Waals surface area contributed by atoms with Crippen LogP contribution in [0.25, 0.3) is 10.9 Å². The molecular weight excluding hydrogens is 352 g/mol. The molecule has 106 valence electrons. The first kappa shape index (κ1) is 14.0. The topological polar surface area (TPSA) is 50.3 Å². The van der Waals surface area contributed by atoms with Crippen molar-refractivity contribution >= 4 is 42.8 Å². The van der Waals surface area contributed by atoms with E-state index in [-0.39, 0.29) is 4.90 Å². The molecular formula is C15H11BrN2O2S. The average molecular weight is 363 g/mol. The summed E-state index contributed by atoms with van der Waals surface area (Å²) in [5, 5.41) is 0.878. The van der Waals surface area contributed by atoms with Gasteiger partial charge in [0.05, 0.1) is 32.2 Å². The van der Waals surface area contributed by atoms with Crippen molar-refractivity contribution in [3.63, 3.8) is 0 Å². The molecule has 0 unspecified atom stereocenters. The Labute approximate surface area is 131 Å². The summed E-state index contributed by atoms with van der Waals surface area (Å²) in [5.41, 5.74) is 1.10. The highest BCUT2D eigenvalue weighted by molar-refractivity contribution is 9.11. The van der Waals surface area contributed by atoms with Gasteiger partial charge in [-0.3, -0.25) is 4.98 Å². The largest absolute Gasteiger partial charge is 0.273 e. The van der Waals surface area contributed by atoms with Crippen LogP contribution >= 0.6 is 16.1 Å². The molecule has 0 N–H and O–H groups in total. The summed E-state index contributed by atoms with van der Waals surface area (Å²) in [7, 11) is -3.67. The molecule has 21 heavy (non-hydrogen) atoms. The molecule has 4 nitrogen and oxygen atoms in total. The van der Waals surface area contributed by atoms with Gasteiger partial charge in [0.15, 0.2) is 0 Å². The minimum absolute atomic E-state index is 0.217. The molecule has 0 atom stereocenters. The number of anilines is 1. The highest BCUT2D eigenvalue weighted by Crippen LogP contribution is 2.32. The first-order chi connectivity index (χ1) is 10.1. The van der Waals surface area contributed by atoms with Gasteiger partial charge in [0, 0.05) is 11.6 Å². The number of pyridine rings is 1. The van der Waals surface area contributed by atoms with Gasteiger partial charge < -0.3 is 0 Å². The van der Waals surface area contributed by atoms with Crippen molar-refractivity contribution in [2.75, 3.05) is 3.33 Å². The van der Waals surface area contributed by atoms with E-state index in [9.17, 15) is 8.42 Å². The van der Waals surface area contributed by atoms with E-state index in [0.717, 1.165) is 8.72 Å². The van der Waals surface area contributed by atoms with Crippen molar-refractivity contribution in [3.05, 3.63) is 66.9 Å². The number of benzene rings is 2. The minimum Gasteiger partial charge on any atom is -0.254 e. The zero-order valence-electron chi connectivity index (χ0n) is 10.8. The third-order valence-electron chi connectivity index (χ3n) is 3.05. The second kappa shape index (κ2) is 5.46. The number of rotatable bonds is 3. The zero-order chi connectivity index (χ0) is 14.9. The maximum Gasteiger partial charge on any atom is 0.273 e. The van der Waals surface area contributed by atoms with Crippen LogP contribution < -0.4 is 3.33 Å². The van der Waals surface area contributed by atoms with E-state index in [4.69, 9.17) is 0 Å². The third kappa shape index (κ3) is 2.52. The molecule has 3 rings (SSSR count). The molecule has 3 aromatic rings. The first-order valence-electron chi connectivity index (χ1n) is 6.20. The number of fused-ring (bicyclic) bond motifs is 1. The fourth-order valence-electron chi connectivity index (χ4n) is 2.04. The summed E-state index contributed by atoms with van der Waals surface area (Å²) in [6, 6.07) is 17.4. The van der Waals surface area contributed by atoms with E-state index >= 15 is 0 Å². The fraction of sp³-hybridized carbons (Fsp3) is 0. The summed E-state index contributed by atoms with van der Waals surface area (Å²) < 4.78 is 26.3. The second-order valence-electron chi connectivity index (χ2n) is 4.39. The standard InChI is InChI=1S/C15H11BrN2O2S/c16-18(21(19,20)13-8-2-1-3-9-13)14-10-4-6-12-7-5-11-17-15(12)14/h1-11H. The number of para-hydroxylation sites is 1. The monoisotopic (exact) mass is 362 g/mol. The van der Waals surface area contributed by atoms with Crippen LogP contribution in [0.3, 0.4) is 0 Å². The van der Waals surface area contributed by atoms with Gasteiger partial charge in [-0.2, -0.15) is 3.33 Å². The molecule has 0 bridgehead atoms. The van der Waals surface area contributed by atoms with E-state index < -0.39 is 10.0 Å². The number of aromatic nitrogens is 1. The molecule has 0 aliphatic rings. The summed E-state index contributed by atoms with van der Waals surface area (Å²) in [6.45, 7) is 0. The van der Waals surface area contributed by atoms with Crippen LogP contribution in [-0.4, -0.2) is 13.4 Å². The SMILES string of the molecule is O=S(=O)(c1ccccc1)N(Br)c1cccc2cccnc12. The maximum absolute atomic E-state index is 12.6. The van der Waals surface area contributed by atoms with Gasteiger partial charge in [-0.1, -0.05) is 36.4 Å². The van der Waals surface area contributed by atoms with Gasteiger partial charge in [-0.05, 0) is 24.3 Å². The number of halogens is 1. The van der Waals surface area contributed by atoms with Gasteiger partial charge in [0.2, 0.25) is 0 Å². The van der Waals surface area contributed by atoms with Crippen LogP contribution in [0, 0.1) is 0 Å². The van der Waals surface area contributed by atoms with E-state index in [1.807, 2.05) is 18.2 Å². The lowest BCUT2D eigenvalue weighted by Gasteiger charge is -2.18. The van der Waals surface area contributed by atoms with Crippen LogP contribution in [0.4, 0.5) is 5.69 Å². The summed E-state index contributed by atoms with van der Waals surface area (Å²) in [4.78, 5) is 4.49. The van der Waals surface area contributed by atoms with Crippen molar-refractivity contribution in [1.82, 2.24) is 4.98 Å². The Morgan fingerprint density at radius 2 is 1.62 bits per heavy atom. The molecule has 0 spiro atoms. The van der Waals surface area contributed by atoms with Gasteiger partial charge in [-0.25, -0.2) is 8.42 Å². The minimum atomic E-state index is -3.67. The Kier molecular flexibility index (Phi) is 3.65. The van der Waals surface area contributed by atoms with Crippen molar-refractivity contribution in [3.8, 4) is 0 Å². The van der Waals surface area contributed by atoms with Gasteiger partial charge in [0.25, 0.3) is 10.0 Å². The third-order valence-corrected chi connectivity index (χ3v) is 6.07. The van der Waals surface area contributed by atoms with Crippen LogP contribution in [0.15, 0.2) is 71.8 Å². The zero-order valence-corrected chi connectivity index (χ0v) is 13.3. The van der Waals surface area contributed by atoms with Crippen molar-refractivity contribution < 1.29 is 8.42 Å². The lowest BCUT2D eigenvalue weighted by atomic mass is 10.2. The molecule has 1 aromatic heterocycles. The van der Waals surface area contributed by atoms with Gasteiger partial charge in [-0.15, -0.1) is 0 Å². The molecule has 0 radical (unpaired) electrons. The highest BCUT2D eigenvalue weighted by Gasteiger charge is 2.24. The first-order valence-corrected chi connectivity index (χ1v) is 8.35. The molecule has 0 saturated carbocycles. The van der Waals surface area contributed by atoms with Crippen molar-refractivity contribution in [2.24, 2.45) is 0 Å². The number of nitrogens with zero attached hydrogens (tertiary/aromatic N) is 2. The number of sulfonamides is 1. The average Bonchev–Trinajstić information content (AvgIpc) is 2.54. The smallest absolute Gasteiger partial charge is 0.254 e. The Morgan fingerprint density at radius 3 is 2.38 bits per heavy atom. The quantitative estimate of drug-likeness (QED) is 0.666. The van der Waals surface area contributed by atoms with E-state index in [1.165, 1.54) is 0 Å². The molecule has 6 heteroatoms. The fourth-order valence-corrected chi connectivity index (χ4v) is 3.92. The lowest BCUT2D eigenvalue weighted by Crippen LogP contribution is -2.21. The molecule has 0 saturated heterocycles. The lowest BCUT2D eigenvalue weighted by molar-refractivity contribution is 0.599. The van der Waals surface area contributed by atoms with Crippen LogP contribution in [0.2, 0.25) is 0 Å². The molecule has 0 aliphatic carbocycles. The van der Waals surface area contributed by atoms with Crippen LogP contribution in [0.1, 0.15) is 0 Å². The number of hydrogen-bond donors (Lipinski definition) is 0. The van der Waals surface area contributed by atoms with Crippen LogP contribution in [0.5, 0.6) is 0 Å². The molecule has 2 aromatic carbocycles. The number of hydrogen-bond acceptors (Lipinski definition) is 3. The Morgan fingerprint density at radius 1 is 0.905 bits per heavy atom. The Balaban J connectivity index is 2.15.